The van der Waals surface area contributed by atoms with Crippen LogP contribution in [-0.2, 0) is 0 Å². The highest BCUT2D eigenvalue weighted by molar-refractivity contribution is 5.97. The lowest BCUT2D eigenvalue weighted by Gasteiger charge is -2.12. The van der Waals surface area contributed by atoms with Gasteiger partial charge in [0.25, 0.3) is 6.43 Å². The van der Waals surface area contributed by atoms with E-state index in [-0.39, 0.29) is 17.2 Å². The van der Waals surface area contributed by atoms with Crippen LogP contribution >= 0.6 is 0 Å². The fourth-order valence-corrected chi connectivity index (χ4v) is 3.59. The number of nitrogens with one attached hydrogen (secondary N) is 1. The standard InChI is InChI=1S/C23H19F2N9O/c1-12-4-6-19(31-30-12)28-20-9-18-17(10-26-20)27-11-33(18)21-7-5-15(14(3)35)23(29-21)34-13(2)8-16(32-34)22(24)25/h4-11,22H,1-3H3,(H,26,28,31). The van der Waals surface area contributed by atoms with Gasteiger partial charge in [0.1, 0.15) is 29.2 Å². The predicted octanol–water partition coefficient (Wildman–Crippen LogP) is 4.29. The number of hydrogen-bond acceptors (Lipinski definition) is 8. The molecule has 35 heavy (non-hydrogen) atoms. The maximum Gasteiger partial charge on any atom is 0.282 e. The predicted molar refractivity (Wildman–Crippen MR) is 124 cm³/mol. The maximum atomic E-state index is 13.2. The second kappa shape index (κ2) is 8.63. The van der Waals surface area contributed by atoms with Crippen LogP contribution in [0.4, 0.5) is 20.4 Å². The van der Waals surface area contributed by atoms with Crippen LogP contribution in [0.3, 0.4) is 0 Å². The Morgan fingerprint density at radius 3 is 2.54 bits per heavy atom. The summed E-state index contributed by atoms with van der Waals surface area (Å²) in [5.74, 6) is 1.36. The third-order valence-corrected chi connectivity index (χ3v) is 5.30. The summed E-state index contributed by atoms with van der Waals surface area (Å²) in [5.41, 5.74) is 2.38. The second-order valence-corrected chi connectivity index (χ2v) is 7.88. The highest BCUT2D eigenvalue weighted by Crippen LogP contribution is 2.25. The van der Waals surface area contributed by atoms with Crippen molar-refractivity contribution in [3.05, 3.63) is 71.6 Å². The largest absolute Gasteiger partial charge is 0.323 e. The monoisotopic (exact) mass is 475 g/mol. The average Bonchev–Trinajstić information content (AvgIpc) is 3.43. The number of fused-ring (bicyclic) bond motifs is 1. The molecule has 0 saturated carbocycles. The number of halogens is 2. The number of rotatable bonds is 6. The number of hydrogen-bond donors (Lipinski definition) is 1. The van der Waals surface area contributed by atoms with Crippen molar-refractivity contribution in [1.29, 1.82) is 0 Å². The van der Waals surface area contributed by atoms with E-state index in [1.54, 1.807) is 48.3 Å². The van der Waals surface area contributed by atoms with Crippen molar-refractivity contribution in [3.63, 3.8) is 0 Å². The van der Waals surface area contributed by atoms with Gasteiger partial charge in [-0.15, -0.1) is 5.10 Å². The van der Waals surface area contributed by atoms with E-state index in [0.29, 0.717) is 34.2 Å². The van der Waals surface area contributed by atoms with Gasteiger partial charge in [-0.2, -0.15) is 10.2 Å². The van der Waals surface area contributed by atoms with Gasteiger partial charge < -0.3 is 5.32 Å². The number of nitrogens with zero attached hydrogens (tertiary/aromatic N) is 8. The van der Waals surface area contributed by atoms with Crippen LogP contribution in [0.1, 0.15) is 40.8 Å². The molecule has 5 rings (SSSR count). The van der Waals surface area contributed by atoms with Crippen molar-refractivity contribution < 1.29 is 13.6 Å². The lowest BCUT2D eigenvalue weighted by Crippen LogP contribution is -2.11. The molecule has 10 nitrogen and oxygen atoms in total. The molecular formula is C23H19F2N9O. The molecule has 0 atom stereocenters. The van der Waals surface area contributed by atoms with Crippen molar-refractivity contribution in [3.8, 4) is 11.6 Å². The van der Waals surface area contributed by atoms with Crippen molar-refractivity contribution in [2.45, 2.75) is 27.2 Å². The van der Waals surface area contributed by atoms with Crippen LogP contribution < -0.4 is 5.32 Å². The molecule has 5 aromatic rings. The number of aryl methyl sites for hydroxylation is 2. The molecule has 0 unspecified atom stereocenters. The molecule has 0 aromatic carbocycles. The van der Waals surface area contributed by atoms with Crippen LogP contribution in [0.15, 0.2) is 48.9 Å². The first-order valence-corrected chi connectivity index (χ1v) is 10.6. The zero-order valence-electron chi connectivity index (χ0n) is 18.9. The molecule has 0 fully saturated rings. The van der Waals surface area contributed by atoms with Crippen molar-refractivity contribution in [2.75, 3.05) is 5.32 Å². The zero-order valence-corrected chi connectivity index (χ0v) is 18.9. The fourth-order valence-electron chi connectivity index (χ4n) is 3.59. The molecule has 12 heteroatoms. The molecule has 0 spiro atoms. The number of alkyl halides is 2. The van der Waals surface area contributed by atoms with Gasteiger partial charge in [0.15, 0.2) is 17.4 Å². The molecule has 5 heterocycles. The van der Waals surface area contributed by atoms with Gasteiger partial charge in [0.05, 0.1) is 23.0 Å². The summed E-state index contributed by atoms with van der Waals surface area (Å²) in [7, 11) is 0. The van der Waals surface area contributed by atoms with Crippen LogP contribution in [-0.4, -0.2) is 45.3 Å². The molecule has 176 valence electrons. The van der Waals surface area contributed by atoms with Crippen molar-refractivity contribution in [1.82, 2.24) is 39.5 Å². The molecule has 0 amide bonds. The lowest BCUT2D eigenvalue weighted by molar-refractivity contribution is 0.101. The first kappa shape index (κ1) is 22.2. The number of Topliss-reactive ketones (excluding diaryl/α,β-unsaturated/α-hetero) is 1. The van der Waals surface area contributed by atoms with Crippen LogP contribution in [0.25, 0.3) is 22.7 Å². The minimum atomic E-state index is -2.74. The number of carbonyl (C=O) groups excluding carboxylic acids is 1. The molecule has 1 N–H and O–H groups in total. The molecule has 0 aliphatic carbocycles. The number of anilines is 2. The van der Waals surface area contributed by atoms with Gasteiger partial charge in [-0.05, 0) is 51.1 Å². The van der Waals surface area contributed by atoms with Gasteiger partial charge in [-0.25, -0.2) is 28.4 Å². The SMILES string of the molecule is CC(=O)c1ccc(-n2cnc3cnc(Nc4ccc(C)nn4)cc32)nc1-n1nc(C(F)F)cc1C. The number of pyridine rings is 2. The van der Waals surface area contributed by atoms with E-state index in [1.165, 1.54) is 17.7 Å². The Balaban J connectivity index is 1.59. The summed E-state index contributed by atoms with van der Waals surface area (Å²) >= 11 is 0. The molecule has 0 saturated heterocycles. The molecule has 5 aromatic heterocycles. The summed E-state index contributed by atoms with van der Waals surface area (Å²) < 4.78 is 29.4. The Labute approximate surface area is 197 Å². The first-order chi connectivity index (χ1) is 16.8. The third-order valence-electron chi connectivity index (χ3n) is 5.30. The third kappa shape index (κ3) is 4.21. The quantitative estimate of drug-likeness (QED) is 0.362. The molecular weight excluding hydrogens is 456 g/mol. The number of ketones is 1. The van der Waals surface area contributed by atoms with Crippen molar-refractivity contribution >= 4 is 28.5 Å². The van der Waals surface area contributed by atoms with Crippen LogP contribution in [0, 0.1) is 13.8 Å². The Hall–Kier alpha value is -4.61. The smallest absolute Gasteiger partial charge is 0.282 e. The topological polar surface area (TPSA) is 116 Å². The minimum Gasteiger partial charge on any atom is -0.323 e. The number of imidazole rings is 1. The maximum absolute atomic E-state index is 13.2. The van der Waals surface area contributed by atoms with Gasteiger partial charge in [0, 0.05) is 11.8 Å². The average molecular weight is 475 g/mol. The summed E-state index contributed by atoms with van der Waals surface area (Å²) in [4.78, 5) is 25.6. The minimum absolute atomic E-state index is 0.156. The van der Waals surface area contributed by atoms with Crippen LogP contribution in [0.2, 0.25) is 0 Å². The van der Waals surface area contributed by atoms with E-state index in [0.717, 1.165) is 5.69 Å². The van der Waals surface area contributed by atoms with E-state index in [9.17, 15) is 13.6 Å². The molecule has 0 bridgehead atoms. The Bertz CT molecular complexity index is 1560. The summed E-state index contributed by atoms with van der Waals surface area (Å²) in [6.45, 7) is 4.86. The summed E-state index contributed by atoms with van der Waals surface area (Å²) in [6.07, 6.45) is 0.433. The highest BCUT2D eigenvalue weighted by atomic mass is 19.3. The molecule has 0 radical (unpaired) electrons. The van der Waals surface area contributed by atoms with Gasteiger partial charge >= 0.3 is 0 Å². The fraction of sp³-hybridized carbons (Fsp3) is 0.174. The number of carbonyl (C=O) groups is 1. The van der Waals surface area contributed by atoms with E-state index in [1.807, 2.05) is 13.0 Å². The summed E-state index contributed by atoms with van der Waals surface area (Å²) in [6, 6.07) is 9.92. The van der Waals surface area contributed by atoms with Gasteiger partial charge in [-0.3, -0.25) is 9.36 Å². The van der Waals surface area contributed by atoms with E-state index in [2.05, 4.69) is 35.6 Å². The first-order valence-electron chi connectivity index (χ1n) is 10.6. The number of aromatic nitrogens is 8. The molecule has 0 aliphatic rings. The van der Waals surface area contributed by atoms with E-state index >= 15 is 0 Å². The normalized spacial score (nSPS) is 11.4. The van der Waals surface area contributed by atoms with Crippen molar-refractivity contribution in [2.24, 2.45) is 0 Å². The zero-order chi connectivity index (χ0) is 24.7. The summed E-state index contributed by atoms with van der Waals surface area (Å²) in [5, 5.41) is 15.2. The molecule has 0 aliphatic heterocycles. The second-order valence-electron chi connectivity index (χ2n) is 7.88. The van der Waals surface area contributed by atoms with Gasteiger partial charge in [0.2, 0.25) is 0 Å². The Morgan fingerprint density at radius 2 is 1.86 bits per heavy atom. The van der Waals surface area contributed by atoms with Gasteiger partial charge in [-0.1, -0.05) is 0 Å². The van der Waals surface area contributed by atoms with E-state index < -0.39 is 12.1 Å². The van der Waals surface area contributed by atoms with E-state index in [4.69, 9.17) is 0 Å². The Morgan fingerprint density at radius 1 is 1.03 bits per heavy atom. The Kier molecular flexibility index (Phi) is 5.47. The highest BCUT2D eigenvalue weighted by Gasteiger charge is 2.20. The van der Waals surface area contributed by atoms with Crippen LogP contribution in [0.5, 0.6) is 0 Å². The lowest BCUT2D eigenvalue weighted by atomic mass is 10.2.